The first kappa shape index (κ1) is 14.1. The van der Waals surface area contributed by atoms with Gasteiger partial charge in [-0.15, -0.1) is 0 Å². The molecule has 0 bridgehead atoms. The molecule has 0 amide bonds. The third kappa shape index (κ3) is 3.16. The Balaban J connectivity index is 1.92. The van der Waals surface area contributed by atoms with Crippen LogP contribution in [-0.4, -0.2) is 31.1 Å². The average molecular weight is 250 g/mol. The van der Waals surface area contributed by atoms with Gasteiger partial charge in [-0.05, 0) is 36.6 Å². The van der Waals surface area contributed by atoms with Crippen LogP contribution in [0.5, 0.6) is 0 Å². The molecule has 1 heterocycles. The molecule has 0 saturated heterocycles. The fourth-order valence-electron chi connectivity index (χ4n) is 3.56. The van der Waals surface area contributed by atoms with Crippen molar-refractivity contribution in [2.24, 2.45) is 16.6 Å². The number of rotatable bonds is 3. The molecule has 1 fully saturated rings. The van der Waals surface area contributed by atoms with Crippen LogP contribution in [0.3, 0.4) is 0 Å². The summed E-state index contributed by atoms with van der Waals surface area (Å²) in [7, 11) is 0. The molecular formula is C16H30N2. The zero-order chi connectivity index (χ0) is 13.2. The SMILES string of the molecule is CC(C)(C)C1=CCN(CC2(CN)CCCC2)CC1. The average Bonchev–Trinajstić information content (AvgIpc) is 2.78. The van der Waals surface area contributed by atoms with E-state index >= 15 is 0 Å². The first-order chi connectivity index (χ1) is 8.45. The summed E-state index contributed by atoms with van der Waals surface area (Å²) in [5, 5.41) is 0. The standard InChI is InChI=1S/C16H30N2/c1-15(2,3)14-6-10-18(11-7-14)13-16(12-17)8-4-5-9-16/h6H,4-5,7-13,17H2,1-3H3. The Kier molecular flexibility index (Phi) is 4.18. The minimum absolute atomic E-state index is 0.352. The van der Waals surface area contributed by atoms with E-state index in [4.69, 9.17) is 5.73 Å². The van der Waals surface area contributed by atoms with Gasteiger partial charge in [0, 0.05) is 19.6 Å². The highest BCUT2D eigenvalue weighted by molar-refractivity contribution is 5.14. The molecule has 2 rings (SSSR count). The van der Waals surface area contributed by atoms with E-state index in [1.54, 1.807) is 5.57 Å². The van der Waals surface area contributed by atoms with Gasteiger partial charge in [0.1, 0.15) is 0 Å². The minimum Gasteiger partial charge on any atom is -0.330 e. The molecule has 0 aromatic heterocycles. The molecule has 0 atom stereocenters. The van der Waals surface area contributed by atoms with Crippen LogP contribution in [0.15, 0.2) is 11.6 Å². The van der Waals surface area contributed by atoms with Gasteiger partial charge in [0.2, 0.25) is 0 Å². The number of nitrogens with zero attached hydrogens (tertiary/aromatic N) is 1. The fraction of sp³-hybridized carbons (Fsp3) is 0.875. The van der Waals surface area contributed by atoms with Crippen molar-refractivity contribution in [2.75, 3.05) is 26.2 Å². The lowest BCUT2D eigenvalue weighted by Crippen LogP contribution is -2.43. The molecule has 0 radical (unpaired) electrons. The van der Waals surface area contributed by atoms with Gasteiger partial charge >= 0.3 is 0 Å². The monoisotopic (exact) mass is 250 g/mol. The molecule has 2 N–H and O–H groups in total. The smallest absolute Gasteiger partial charge is 0.0166 e. The highest BCUT2D eigenvalue weighted by Gasteiger charge is 2.34. The first-order valence-corrected chi connectivity index (χ1v) is 7.57. The topological polar surface area (TPSA) is 29.3 Å². The molecule has 1 aliphatic carbocycles. The first-order valence-electron chi connectivity index (χ1n) is 7.57. The molecule has 104 valence electrons. The van der Waals surface area contributed by atoms with Crippen molar-refractivity contribution in [3.05, 3.63) is 11.6 Å². The summed E-state index contributed by atoms with van der Waals surface area (Å²) in [6.07, 6.45) is 9.15. The summed E-state index contributed by atoms with van der Waals surface area (Å²) in [5.41, 5.74) is 8.46. The van der Waals surface area contributed by atoms with E-state index < -0.39 is 0 Å². The Morgan fingerprint density at radius 1 is 1.28 bits per heavy atom. The lowest BCUT2D eigenvalue weighted by Gasteiger charge is -2.38. The predicted molar refractivity (Wildman–Crippen MR) is 78.6 cm³/mol. The number of nitrogens with two attached hydrogens (primary N) is 1. The zero-order valence-corrected chi connectivity index (χ0v) is 12.5. The van der Waals surface area contributed by atoms with E-state index in [0.29, 0.717) is 10.8 Å². The van der Waals surface area contributed by atoms with E-state index in [-0.39, 0.29) is 0 Å². The second-order valence-corrected chi connectivity index (χ2v) is 7.38. The lowest BCUT2D eigenvalue weighted by atomic mass is 9.81. The van der Waals surface area contributed by atoms with Crippen molar-refractivity contribution in [2.45, 2.75) is 52.9 Å². The van der Waals surface area contributed by atoms with Gasteiger partial charge in [-0.2, -0.15) is 0 Å². The molecule has 1 aliphatic heterocycles. The molecule has 0 unspecified atom stereocenters. The van der Waals surface area contributed by atoms with E-state index in [1.165, 1.54) is 45.2 Å². The Hall–Kier alpha value is -0.340. The molecule has 0 spiro atoms. The van der Waals surface area contributed by atoms with Crippen LogP contribution in [0, 0.1) is 10.8 Å². The third-order valence-corrected chi connectivity index (χ3v) is 4.91. The summed E-state index contributed by atoms with van der Waals surface area (Å²) in [5.74, 6) is 0. The van der Waals surface area contributed by atoms with Crippen molar-refractivity contribution in [1.29, 1.82) is 0 Å². The molecule has 2 aliphatic rings. The van der Waals surface area contributed by atoms with E-state index in [2.05, 4.69) is 31.7 Å². The van der Waals surface area contributed by atoms with Crippen molar-refractivity contribution in [3.8, 4) is 0 Å². The number of hydrogen-bond donors (Lipinski definition) is 1. The van der Waals surface area contributed by atoms with Gasteiger partial charge in [0.05, 0.1) is 0 Å². The molecule has 0 aromatic carbocycles. The lowest BCUT2D eigenvalue weighted by molar-refractivity contribution is 0.163. The van der Waals surface area contributed by atoms with Gasteiger partial charge in [0.15, 0.2) is 0 Å². The Labute approximate surface area is 113 Å². The normalized spacial score (nSPS) is 25.2. The Morgan fingerprint density at radius 3 is 2.39 bits per heavy atom. The van der Waals surface area contributed by atoms with E-state index in [9.17, 15) is 0 Å². The molecule has 2 nitrogen and oxygen atoms in total. The van der Waals surface area contributed by atoms with Crippen LogP contribution in [0.4, 0.5) is 0 Å². The summed E-state index contributed by atoms with van der Waals surface area (Å²) >= 11 is 0. The van der Waals surface area contributed by atoms with Crippen LogP contribution in [0.25, 0.3) is 0 Å². The quantitative estimate of drug-likeness (QED) is 0.780. The Bertz CT molecular complexity index is 306. The van der Waals surface area contributed by atoms with Crippen molar-refractivity contribution in [1.82, 2.24) is 4.90 Å². The van der Waals surface area contributed by atoms with Gasteiger partial charge < -0.3 is 5.73 Å². The zero-order valence-electron chi connectivity index (χ0n) is 12.5. The van der Waals surface area contributed by atoms with Crippen molar-refractivity contribution >= 4 is 0 Å². The summed E-state index contributed by atoms with van der Waals surface area (Å²) < 4.78 is 0. The third-order valence-electron chi connectivity index (χ3n) is 4.91. The summed E-state index contributed by atoms with van der Waals surface area (Å²) in [6.45, 7) is 11.4. The highest BCUT2D eigenvalue weighted by atomic mass is 15.1. The van der Waals surface area contributed by atoms with Gasteiger partial charge in [-0.1, -0.05) is 45.3 Å². The largest absolute Gasteiger partial charge is 0.330 e. The molecular weight excluding hydrogens is 220 g/mol. The van der Waals surface area contributed by atoms with Crippen LogP contribution in [-0.2, 0) is 0 Å². The van der Waals surface area contributed by atoms with E-state index in [0.717, 1.165) is 13.1 Å². The van der Waals surface area contributed by atoms with Gasteiger partial charge in [-0.3, -0.25) is 4.90 Å². The molecule has 0 aromatic rings. The second kappa shape index (κ2) is 5.34. The molecule has 1 saturated carbocycles. The molecule has 2 heteroatoms. The number of hydrogen-bond acceptors (Lipinski definition) is 2. The van der Waals surface area contributed by atoms with Crippen LogP contribution >= 0.6 is 0 Å². The van der Waals surface area contributed by atoms with Gasteiger partial charge in [0.25, 0.3) is 0 Å². The maximum atomic E-state index is 6.04. The van der Waals surface area contributed by atoms with Gasteiger partial charge in [-0.25, -0.2) is 0 Å². The van der Waals surface area contributed by atoms with Crippen molar-refractivity contribution < 1.29 is 0 Å². The summed E-state index contributed by atoms with van der Waals surface area (Å²) in [4.78, 5) is 2.62. The summed E-state index contributed by atoms with van der Waals surface area (Å²) in [6, 6.07) is 0. The predicted octanol–water partition coefficient (Wildman–Crippen LogP) is 3.18. The fourth-order valence-corrected chi connectivity index (χ4v) is 3.56. The van der Waals surface area contributed by atoms with Crippen LogP contribution in [0.1, 0.15) is 52.9 Å². The van der Waals surface area contributed by atoms with Crippen LogP contribution in [0.2, 0.25) is 0 Å². The second-order valence-electron chi connectivity index (χ2n) is 7.38. The maximum absolute atomic E-state index is 6.04. The molecule has 18 heavy (non-hydrogen) atoms. The maximum Gasteiger partial charge on any atom is 0.0166 e. The highest BCUT2D eigenvalue weighted by Crippen LogP contribution is 2.39. The minimum atomic E-state index is 0.352. The van der Waals surface area contributed by atoms with E-state index in [1.807, 2.05) is 0 Å². The van der Waals surface area contributed by atoms with Crippen LogP contribution < -0.4 is 5.73 Å². The van der Waals surface area contributed by atoms with Crippen molar-refractivity contribution in [3.63, 3.8) is 0 Å². The Morgan fingerprint density at radius 2 is 1.94 bits per heavy atom.